The Morgan fingerprint density at radius 3 is 2.52 bits per heavy atom. The molecule has 1 amide bonds. The van der Waals surface area contributed by atoms with E-state index in [0.29, 0.717) is 34.3 Å². The van der Waals surface area contributed by atoms with Gasteiger partial charge in [0.05, 0.1) is 33.2 Å². The molecular weight excluding hydrogens is 348 g/mol. The van der Waals surface area contributed by atoms with Crippen molar-refractivity contribution in [1.82, 2.24) is 10.3 Å². The first kappa shape index (κ1) is 18.3. The molecule has 0 saturated carbocycles. The molecule has 3 aromatic rings. The Morgan fingerprint density at radius 1 is 1.04 bits per heavy atom. The van der Waals surface area contributed by atoms with Crippen LogP contribution >= 0.6 is 0 Å². The topological polar surface area (TPSA) is 82.8 Å². The van der Waals surface area contributed by atoms with Crippen molar-refractivity contribution in [2.45, 2.75) is 6.54 Å². The van der Waals surface area contributed by atoms with Crippen LogP contribution in [0.25, 0.3) is 11.5 Å². The fourth-order valence-corrected chi connectivity index (χ4v) is 2.77. The third kappa shape index (κ3) is 3.72. The predicted octanol–water partition coefficient (Wildman–Crippen LogP) is 3.30. The lowest BCUT2D eigenvalue weighted by molar-refractivity contribution is 0.0947. The van der Waals surface area contributed by atoms with Crippen molar-refractivity contribution in [3.63, 3.8) is 0 Å². The average Bonchev–Trinajstić information content (AvgIpc) is 3.25. The molecule has 0 aliphatic heterocycles. The highest BCUT2D eigenvalue weighted by atomic mass is 16.5. The van der Waals surface area contributed by atoms with E-state index < -0.39 is 0 Å². The van der Waals surface area contributed by atoms with Gasteiger partial charge >= 0.3 is 0 Å². The van der Waals surface area contributed by atoms with Gasteiger partial charge in [-0.1, -0.05) is 6.07 Å². The number of carbonyl (C=O) groups is 1. The minimum absolute atomic E-state index is 0.278. The van der Waals surface area contributed by atoms with Gasteiger partial charge in [0.25, 0.3) is 5.91 Å². The van der Waals surface area contributed by atoms with E-state index in [0.717, 1.165) is 5.56 Å². The van der Waals surface area contributed by atoms with Gasteiger partial charge in [0.1, 0.15) is 5.69 Å². The summed E-state index contributed by atoms with van der Waals surface area (Å²) in [6.45, 7) is 0.278. The molecule has 1 aromatic carbocycles. The molecule has 3 rings (SSSR count). The molecule has 140 valence electrons. The summed E-state index contributed by atoms with van der Waals surface area (Å²) in [4.78, 5) is 17.1. The predicted molar refractivity (Wildman–Crippen MR) is 99.2 cm³/mol. The maximum atomic E-state index is 12.7. The molecule has 2 heterocycles. The first-order chi connectivity index (χ1) is 13.2. The number of hydrogen-bond acceptors (Lipinski definition) is 6. The summed E-state index contributed by atoms with van der Waals surface area (Å²) < 4.78 is 21.4. The number of amides is 1. The highest BCUT2D eigenvalue weighted by molar-refractivity contribution is 5.98. The van der Waals surface area contributed by atoms with Crippen LogP contribution in [0.15, 0.2) is 53.3 Å². The molecule has 1 N–H and O–H groups in total. The third-order valence-electron chi connectivity index (χ3n) is 4.03. The highest BCUT2D eigenvalue weighted by Crippen LogP contribution is 2.39. The normalized spacial score (nSPS) is 10.3. The van der Waals surface area contributed by atoms with Crippen molar-refractivity contribution in [3.05, 3.63) is 60.0 Å². The Labute approximate surface area is 156 Å². The van der Waals surface area contributed by atoms with Crippen LogP contribution in [-0.2, 0) is 6.54 Å². The molecule has 0 aliphatic rings. The maximum Gasteiger partial charge on any atom is 0.255 e. The molecular formula is C20H20N2O5. The molecule has 0 radical (unpaired) electrons. The van der Waals surface area contributed by atoms with Crippen LogP contribution in [0.3, 0.4) is 0 Å². The largest absolute Gasteiger partial charge is 0.493 e. The first-order valence-electron chi connectivity index (χ1n) is 8.24. The van der Waals surface area contributed by atoms with E-state index in [1.165, 1.54) is 21.3 Å². The van der Waals surface area contributed by atoms with Crippen LogP contribution in [0.4, 0.5) is 0 Å². The van der Waals surface area contributed by atoms with Gasteiger partial charge < -0.3 is 23.9 Å². The molecule has 0 spiro atoms. The van der Waals surface area contributed by atoms with Gasteiger partial charge in [-0.3, -0.25) is 9.78 Å². The summed E-state index contributed by atoms with van der Waals surface area (Å²) in [6.07, 6.45) is 3.27. The zero-order valence-corrected chi connectivity index (χ0v) is 15.3. The average molecular weight is 368 g/mol. The lowest BCUT2D eigenvalue weighted by atomic mass is 10.1. The Kier molecular flexibility index (Phi) is 5.61. The second-order valence-corrected chi connectivity index (χ2v) is 5.55. The van der Waals surface area contributed by atoms with E-state index in [1.807, 2.05) is 18.2 Å². The molecule has 27 heavy (non-hydrogen) atoms. The van der Waals surface area contributed by atoms with E-state index in [-0.39, 0.29) is 12.5 Å². The number of rotatable bonds is 7. The lowest BCUT2D eigenvalue weighted by Gasteiger charge is -2.15. The second kappa shape index (κ2) is 8.27. The number of benzene rings is 1. The Hall–Kier alpha value is -3.48. The van der Waals surface area contributed by atoms with Crippen molar-refractivity contribution < 1.29 is 23.4 Å². The quantitative estimate of drug-likeness (QED) is 0.689. The molecule has 7 nitrogen and oxygen atoms in total. The Morgan fingerprint density at radius 2 is 1.85 bits per heavy atom. The third-order valence-corrected chi connectivity index (χ3v) is 4.03. The number of pyridine rings is 1. The monoisotopic (exact) mass is 368 g/mol. The number of carbonyl (C=O) groups excluding carboxylic acids is 1. The van der Waals surface area contributed by atoms with E-state index in [4.69, 9.17) is 18.6 Å². The van der Waals surface area contributed by atoms with Crippen LogP contribution in [0.2, 0.25) is 0 Å². The van der Waals surface area contributed by atoms with E-state index in [9.17, 15) is 4.79 Å². The van der Waals surface area contributed by atoms with Gasteiger partial charge in [0.15, 0.2) is 17.3 Å². The van der Waals surface area contributed by atoms with Gasteiger partial charge in [-0.15, -0.1) is 0 Å². The molecule has 0 atom stereocenters. The molecule has 0 unspecified atom stereocenters. The fourth-order valence-electron chi connectivity index (χ4n) is 2.77. The van der Waals surface area contributed by atoms with Gasteiger partial charge in [0, 0.05) is 18.3 Å². The number of methoxy groups -OCH3 is 3. The summed E-state index contributed by atoms with van der Waals surface area (Å²) in [5.74, 6) is 1.50. The van der Waals surface area contributed by atoms with Crippen LogP contribution in [0.5, 0.6) is 17.2 Å². The smallest absolute Gasteiger partial charge is 0.255 e. The molecule has 7 heteroatoms. The van der Waals surface area contributed by atoms with Crippen LogP contribution in [0, 0.1) is 0 Å². The van der Waals surface area contributed by atoms with Crippen LogP contribution < -0.4 is 19.5 Å². The number of aromatic nitrogens is 1. The first-order valence-corrected chi connectivity index (χ1v) is 8.24. The molecule has 2 aromatic heterocycles. The summed E-state index contributed by atoms with van der Waals surface area (Å²) in [5.41, 5.74) is 1.86. The number of hydrogen-bond donors (Lipinski definition) is 1. The second-order valence-electron chi connectivity index (χ2n) is 5.55. The van der Waals surface area contributed by atoms with Crippen LogP contribution in [-0.4, -0.2) is 32.2 Å². The van der Waals surface area contributed by atoms with E-state index >= 15 is 0 Å². The van der Waals surface area contributed by atoms with Gasteiger partial charge in [-0.2, -0.15) is 0 Å². The molecule has 0 bridgehead atoms. The maximum absolute atomic E-state index is 12.7. The summed E-state index contributed by atoms with van der Waals surface area (Å²) in [5, 5.41) is 2.88. The zero-order chi connectivity index (χ0) is 19.2. The standard InChI is InChI=1S/C20H20N2O5/c1-24-16-9-8-14(18(25-2)19(16)26-3)20(23)22-12-13-6-4-10-21-17(13)15-7-5-11-27-15/h4-11H,12H2,1-3H3,(H,22,23). The van der Waals surface area contributed by atoms with Gasteiger partial charge in [0.2, 0.25) is 5.75 Å². The minimum Gasteiger partial charge on any atom is -0.493 e. The van der Waals surface area contributed by atoms with Crippen LogP contribution in [0.1, 0.15) is 15.9 Å². The number of ether oxygens (including phenoxy) is 3. The molecule has 0 saturated heterocycles. The minimum atomic E-state index is -0.304. The zero-order valence-electron chi connectivity index (χ0n) is 15.3. The van der Waals surface area contributed by atoms with Crippen molar-refractivity contribution >= 4 is 5.91 Å². The Bertz CT molecular complexity index is 922. The molecule has 0 aliphatic carbocycles. The van der Waals surface area contributed by atoms with E-state index in [1.54, 1.807) is 30.7 Å². The summed E-state index contributed by atoms with van der Waals surface area (Å²) >= 11 is 0. The number of nitrogens with one attached hydrogen (secondary N) is 1. The van der Waals surface area contributed by atoms with Crippen molar-refractivity contribution in [1.29, 1.82) is 0 Å². The lowest BCUT2D eigenvalue weighted by Crippen LogP contribution is -2.24. The summed E-state index contributed by atoms with van der Waals surface area (Å²) in [6, 6.07) is 10.6. The fraction of sp³-hybridized carbons (Fsp3) is 0.200. The van der Waals surface area contributed by atoms with E-state index in [2.05, 4.69) is 10.3 Å². The summed E-state index contributed by atoms with van der Waals surface area (Å²) in [7, 11) is 4.49. The molecule has 0 fully saturated rings. The SMILES string of the molecule is COc1ccc(C(=O)NCc2cccnc2-c2ccco2)c(OC)c1OC. The number of furan rings is 1. The van der Waals surface area contributed by atoms with Gasteiger partial charge in [-0.25, -0.2) is 0 Å². The number of nitrogens with zero attached hydrogens (tertiary/aromatic N) is 1. The van der Waals surface area contributed by atoms with Crippen molar-refractivity contribution in [2.24, 2.45) is 0 Å². The van der Waals surface area contributed by atoms with Gasteiger partial charge in [-0.05, 0) is 30.3 Å². The highest BCUT2D eigenvalue weighted by Gasteiger charge is 2.21. The van der Waals surface area contributed by atoms with Crippen molar-refractivity contribution in [2.75, 3.05) is 21.3 Å². The van der Waals surface area contributed by atoms with Crippen molar-refractivity contribution in [3.8, 4) is 28.7 Å². The Balaban J connectivity index is 1.84.